The first kappa shape index (κ1) is 14.9. The van der Waals surface area contributed by atoms with Crippen molar-refractivity contribution < 1.29 is 14.3 Å². The van der Waals surface area contributed by atoms with Crippen molar-refractivity contribution in [3.8, 4) is 5.75 Å². The largest absolute Gasteiger partial charge is 0.497 e. The molecule has 1 aliphatic heterocycles. The maximum absolute atomic E-state index is 12.2. The molecule has 118 valence electrons. The molecule has 2 aromatic carbocycles. The van der Waals surface area contributed by atoms with Gasteiger partial charge in [-0.3, -0.25) is 9.59 Å². The van der Waals surface area contributed by atoms with Crippen LogP contribution in [-0.4, -0.2) is 25.0 Å². The van der Waals surface area contributed by atoms with Crippen LogP contribution in [0.4, 0.5) is 17.1 Å². The van der Waals surface area contributed by atoms with E-state index in [0.29, 0.717) is 11.4 Å². The molecule has 0 aliphatic carbocycles. The van der Waals surface area contributed by atoms with Crippen molar-refractivity contribution in [1.82, 2.24) is 0 Å². The van der Waals surface area contributed by atoms with E-state index in [1.807, 2.05) is 24.3 Å². The zero-order valence-electron chi connectivity index (χ0n) is 12.6. The Bertz CT molecular complexity index is 745. The van der Waals surface area contributed by atoms with Gasteiger partial charge < -0.3 is 20.7 Å². The second-order valence-corrected chi connectivity index (χ2v) is 5.22. The van der Waals surface area contributed by atoms with Crippen molar-refractivity contribution in [3.63, 3.8) is 0 Å². The van der Waals surface area contributed by atoms with Crippen molar-refractivity contribution in [2.45, 2.75) is 12.5 Å². The Labute approximate surface area is 133 Å². The lowest BCUT2D eigenvalue weighted by molar-refractivity contribution is -0.122. The van der Waals surface area contributed by atoms with Crippen LogP contribution in [0.2, 0.25) is 0 Å². The summed E-state index contributed by atoms with van der Waals surface area (Å²) >= 11 is 0. The average molecular weight is 311 g/mol. The predicted octanol–water partition coefficient (Wildman–Crippen LogP) is 2.46. The van der Waals surface area contributed by atoms with Crippen LogP contribution in [0.15, 0.2) is 48.5 Å². The van der Waals surface area contributed by atoms with Gasteiger partial charge in [-0.1, -0.05) is 18.2 Å². The summed E-state index contributed by atoms with van der Waals surface area (Å²) in [6.07, 6.45) is 0.0391. The van der Waals surface area contributed by atoms with Crippen molar-refractivity contribution >= 4 is 28.9 Å². The molecule has 23 heavy (non-hydrogen) atoms. The highest BCUT2D eigenvalue weighted by Crippen LogP contribution is 2.27. The minimum absolute atomic E-state index is 0.0391. The molecule has 6 heteroatoms. The van der Waals surface area contributed by atoms with Crippen LogP contribution in [0, 0.1) is 0 Å². The number of amides is 2. The number of nitrogens with one attached hydrogen (secondary N) is 3. The molecular weight excluding hydrogens is 294 g/mol. The van der Waals surface area contributed by atoms with E-state index < -0.39 is 6.04 Å². The van der Waals surface area contributed by atoms with Crippen LogP contribution >= 0.6 is 0 Å². The third kappa shape index (κ3) is 3.42. The molecule has 3 N–H and O–H groups in total. The molecule has 1 heterocycles. The van der Waals surface area contributed by atoms with Gasteiger partial charge in [0.1, 0.15) is 11.8 Å². The molecule has 2 aromatic rings. The normalized spacial score (nSPS) is 15.9. The number of anilines is 3. The summed E-state index contributed by atoms with van der Waals surface area (Å²) in [5, 5.41) is 8.65. The molecule has 0 fully saturated rings. The van der Waals surface area contributed by atoms with E-state index in [2.05, 4.69) is 16.0 Å². The van der Waals surface area contributed by atoms with Gasteiger partial charge in [-0.2, -0.15) is 0 Å². The molecule has 0 bridgehead atoms. The Morgan fingerprint density at radius 2 is 1.96 bits per heavy atom. The molecular formula is C17H17N3O3. The monoisotopic (exact) mass is 311 g/mol. The Morgan fingerprint density at radius 3 is 2.74 bits per heavy atom. The van der Waals surface area contributed by atoms with Gasteiger partial charge in [0.15, 0.2) is 0 Å². The van der Waals surface area contributed by atoms with E-state index in [9.17, 15) is 9.59 Å². The summed E-state index contributed by atoms with van der Waals surface area (Å²) < 4.78 is 5.11. The lowest BCUT2D eigenvalue weighted by Crippen LogP contribution is -2.41. The number of para-hydroxylation sites is 2. The summed E-state index contributed by atoms with van der Waals surface area (Å²) in [6, 6.07) is 13.9. The van der Waals surface area contributed by atoms with Gasteiger partial charge in [-0.15, -0.1) is 0 Å². The van der Waals surface area contributed by atoms with Crippen LogP contribution in [0.5, 0.6) is 5.75 Å². The van der Waals surface area contributed by atoms with Gasteiger partial charge in [0.05, 0.1) is 24.9 Å². The van der Waals surface area contributed by atoms with Gasteiger partial charge in [0, 0.05) is 11.8 Å². The number of hydrogen-bond acceptors (Lipinski definition) is 4. The average Bonchev–Trinajstić information content (AvgIpc) is 2.55. The Hall–Kier alpha value is -3.02. The molecule has 0 aromatic heterocycles. The molecule has 6 nitrogen and oxygen atoms in total. The fourth-order valence-corrected chi connectivity index (χ4v) is 2.43. The van der Waals surface area contributed by atoms with Crippen LogP contribution in [0.3, 0.4) is 0 Å². The molecule has 2 amide bonds. The second kappa shape index (κ2) is 6.39. The maximum Gasteiger partial charge on any atom is 0.247 e. The van der Waals surface area contributed by atoms with Crippen molar-refractivity contribution in [2.24, 2.45) is 0 Å². The lowest BCUT2D eigenvalue weighted by atomic mass is 10.1. The second-order valence-electron chi connectivity index (χ2n) is 5.22. The summed E-state index contributed by atoms with van der Waals surface area (Å²) in [7, 11) is 1.56. The summed E-state index contributed by atoms with van der Waals surface area (Å²) in [4.78, 5) is 24.2. The zero-order chi connectivity index (χ0) is 16.2. The number of carbonyl (C=O) groups excluding carboxylic acids is 2. The Kier molecular flexibility index (Phi) is 4.14. The number of benzene rings is 2. The number of ether oxygens (including phenoxy) is 1. The lowest BCUT2D eigenvalue weighted by Gasteiger charge is -2.26. The zero-order valence-corrected chi connectivity index (χ0v) is 12.6. The molecule has 0 spiro atoms. The molecule has 3 rings (SSSR count). The molecule has 0 saturated heterocycles. The Morgan fingerprint density at radius 1 is 1.17 bits per heavy atom. The quantitative estimate of drug-likeness (QED) is 0.810. The van der Waals surface area contributed by atoms with Crippen LogP contribution in [0.1, 0.15) is 6.42 Å². The topological polar surface area (TPSA) is 79.5 Å². The van der Waals surface area contributed by atoms with Crippen LogP contribution < -0.4 is 20.7 Å². The number of methoxy groups -OCH3 is 1. The van der Waals surface area contributed by atoms with E-state index in [0.717, 1.165) is 11.4 Å². The van der Waals surface area contributed by atoms with E-state index >= 15 is 0 Å². The summed E-state index contributed by atoms with van der Waals surface area (Å²) in [5.41, 5.74) is 2.17. The van der Waals surface area contributed by atoms with Gasteiger partial charge in [-0.05, 0) is 24.3 Å². The van der Waals surface area contributed by atoms with Gasteiger partial charge in [0.2, 0.25) is 11.8 Å². The SMILES string of the molecule is COc1cccc(NC(=O)C[C@H]2Nc3ccccc3NC2=O)c1. The van der Waals surface area contributed by atoms with E-state index in [4.69, 9.17) is 4.74 Å². The minimum Gasteiger partial charge on any atom is -0.497 e. The third-order valence-corrected chi connectivity index (χ3v) is 3.57. The Balaban J connectivity index is 1.65. The molecule has 0 saturated carbocycles. The number of fused-ring (bicyclic) bond motifs is 1. The number of hydrogen-bond donors (Lipinski definition) is 3. The highest BCUT2D eigenvalue weighted by Gasteiger charge is 2.27. The molecule has 0 unspecified atom stereocenters. The van der Waals surface area contributed by atoms with Crippen molar-refractivity contribution in [3.05, 3.63) is 48.5 Å². The predicted molar refractivity (Wildman–Crippen MR) is 88.7 cm³/mol. The first-order valence-corrected chi connectivity index (χ1v) is 7.26. The van der Waals surface area contributed by atoms with Gasteiger partial charge in [0.25, 0.3) is 0 Å². The first-order chi connectivity index (χ1) is 11.2. The van der Waals surface area contributed by atoms with Crippen LogP contribution in [0.25, 0.3) is 0 Å². The third-order valence-electron chi connectivity index (χ3n) is 3.57. The fraction of sp³-hybridized carbons (Fsp3) is 0.176. The fourth-order valence-electron chi connectivity index (χ4n) is 2.43. The van der Waals surface area contributed by atoms with E-state index in [1.165, 1.54) is 0 Å². The molecule has 1 atom stereocenters. The summed E-state index contributed by atoms with van der Waals surface area (Å²) in [6.45, 7) is 0. The van der Waals surface area contributed by atoms with Crippen molar-refractivity contribution in [1.29, 1.82) is 0 Å². The van der Waals surface area contributed by atoms with E-state index in [-0.39, 0.29) is 18.2 Å². The minimum atomic E-state index is -0.601. The van der Waals surface area contributed by atoms with Crippen LogP contribution in [-0.2, 0) is 9.59 Å². The number of carbonyl (C=O) groups is 2. The molecule has 1 aliphatic rings. The van der Waals surface area contributed by atoms with Gasteiger partial charge in [-0.25, -0.2) is 0 Å². The standard InChI is InChI=1S/C17H17N3O3/c1-23-12-6-4-5-11(9-12)18-16(21)10-15-17(22)20-14-8-3-2-7-13(14)19-15/h2-9,15,19H,10H2,1H3,(H,18,21)(H,20,22)/t15-/m1/s1. The number of rotatable bonds is 4. The van der Waals surface area contributed by atoms with E-state index in [1.54, 1.807) is 31.4 Å². The van der Waals surface area contributed by atoms with Gasteiger partial charge >= 0.3 is 0 Å². The smallest absolute Gasteiger partial charge is 0.247 e. The highest BCUT2D eigenvalue weighted by atomic mass is 16.5. The van der Waals surface area contributed by atoms with Crippen molar-refractivity contribution in [2.75, 3.05) is 23.1 Å². The highest BCUT2D eigenvalue weighted by molar-refractivity contribution is 6.06. The first-order valence-electron chi connectivity index (χ1n) is 7.26. The maximum atomic E-state index is 12.2. The molecule has 0 radical (unpaired) electrons. The summed E-state index contributed by atoms with van der Waals surface area (Å²) in [5.74, 6) is 0.194.